The summed E-state index contributed by atoms with van der Waals surface area (Å²) in [4.78, 5) is 15.4. The van der Waals surface area contributed by atoms with Crippen LogP contribution in [0.5, 0.6) is 0 Å². The summed E-state index contributed by atoms with van der Waals surface area (Å²) in [6.07, 6.45) is 2.06. The molecular formula is C11H13N5O2. The molecule has 1 aliphatic rings. The molecule has 1 aliphatic heterocycles. The summed E-state index contributed by atoms with van der Waals surface area (Å²) in [6, 6.07) is 3.08. The number of nitrogens with zero attached hydrogens (tertiary/aromatic N) is 5. The van der Waals surface area contributed by atoms with Crippen LogP contribution in [0, 0.1) is 17.0 Å². The van der Waals surface area contributed by atoms with Crippen molar-refractivity contribution in [3.8, 4) is 0 Å². The van der Waals surface area contributed by atoms with Gasteiger partial charge in [-0.2, -0.15) is 0 Å². The quantitative estimate of drug-likeness (QED) is 0.269. The number of hydrogen-bond acceptors (Lipinski definition) is 4. The van der Waals surface area contributed by atoms with E-state index in [1.807, 2.05) is 4.90 Å². The minimum atomic E-state index is -0.388. The average molecular weight is 247 g/mol. The van der Waals surface area contributed by atoms with Crippen molar-refractivity contribution in [2.45, 2.75) is 19.8 Å². The molecule has 0 unspecified atom stereocenters. The van der Waals surface area contributed by atoms with Crippen LogP contribution < -0.4 is 4.90 Å². The number of nitro groups is 1. The van der Waals surface area contributed by atoms with Gasteiger partial charge in [0.25, 0.3) is 5.69 Å². The largest absolute Gasteiger partial charge is 0.366 e. The average Bonchev–Trinajstić information content (AvgIpc) is 2.84. The highest BCUT2D eigenvalue weighted by molar-refractivity contribution is 5.71. The summed E-state index contributed by atoms with van der Waals surface area (Å²) in [5, 5.41) is 14.6. The summed E-state index contributed by atoms with van der Waals surface area (Å²) in [6.45, 7) is 3.31. The molecule has 0 N–H and O–H groups in total. The summed E-state index contributed by atoms with van der Waals surface area (Å²) in [5.74, 6) is 0. The predicted octanol–water partition coefficient (Wildman–Crippen LogP) is 3.45. The molecule has 1 saturated heterocycles. The summed E-state index contributed by atoms with van der Waals surface area (Å²) in [5.41, 5.74) is 10.2. The zero-order valence-corrected chi connectivity index (χ0v) is 10.0. The molecular weight excluding hydrogens is 234 g/mol. The van der Waals surface area contributed by atoms with E-state index in [1.165, 1.54) is 6.07 Å². The summed E-state index contributed by atoms with van der Waals surface area (Å²) >= 11 is 0. The monoisotopic (exact) mass is 247 g/mol. The van der Waals surface area contributed by atoms with Gasteiger partial charge < -0.3 is 4.90 Å². The van der Waals surface area contributed by atoms with Gasteiger partial charge in [0.15, 0.2) is 0 Å². The Labute approximate surface area is 104 Å². The van der Waals surface area contributed by atoms with Crippen LogP contribution in [0.1, 0.15) is 18.4 Å². The van der Waals surface area contributed by atoms with Crippen molar-refractivity contribution < 1.29 is 4.92 Å². The Morgan fingerprint density at radius 1 is 1.44 bits per heavy atom. The first-order chi connectivity index (χ1) is 8.63. The smallest absolute Gasteiger partial charge is 0.292 e. The van der Waals surface area contributed by atoms with Gasteiger partial charge in [-0.15, -0.1) is 0 Å². The van der Waals surface area contributed by atoms with Crippen molar-refractivity contribution in [2.75, 3.05) is 18.0 Å². The number of benzene rings is 1. The fourth-order valence-corrected chi connectivity index (χ4v) is 2.18. The first-order valence-electron chi connectivity index (χ1n) is 5.72. The first-order valence-corrected chi connectivity index (χ1v) is 5.72. The minimum Gasteiger partial charge on any atom is -0.366 e. The molecule has 0 aromatic heterocycles. The third-order valence-electron chi connectivity index (χ3n) is 3.09. The summed E-state index contributed by atoms with van der Waals surface area (Å²) < 4.78 is 0. The number of hydrogen-bond donors (Lipinski definition) is 0. The minimum absolute atomic E-state index is 0.0753. The van der Waals surface area contributed by atoms with E-state index >= 15 is 0 Å². The third-order valence-corrected chi connectivity index (χ3v) is 3.09. The van der Waals surface area contributed by atoms with Crippen LogP contribution in [0.15, 0.2) is 17.2 Å². The third kappa shape index (κ3) is 2.21. The van der Waals surface area contributed by atoms with Crippen molar-refractivity contribution in [1.82, 2.24) is 0 Å². The van der Waals surface area contributed by atoms with Gasteiger partial charge >= 0.3 is 0 Å². The molecule has 0 saturated carbocycles. The molecule has 94 valence electrons. The van der Waals surface area contributed by atoms with Crippen molar-refractivity contribution in [3.63, 3.8) is 0 Å². The Kier molecular flexibility index (Phi) is 3.34. The topological polar surface area (TPSA) is 95.1 Å². The van der Waals surface area contributed by atoms with Gasteiger partial charge in [0.05, 0.1) is 4.92 Å². The molecule has 1 fully saturated rings. The maximum Gasteiger partial charge on any atom is 0.292 e. The van der Waals surface area contributed by atoms with E-state index < -0.39 is 0 Å². The van der Waals surface area contributed by atoms with Crippen LogP contribution >= 0.6 is 0 Å². The number of aryl methyl sites for hydroxylation is 1. The van der Waals surface area contributed by atoms with E-state index in [2.05, 4.69) is 10.0 Å². The van der Waals surface area contributed by atoms with Crippen LogP contribution in [0.2, 0.25) is 0 Å². The fourth-order valence-electron chi connectivity index (χ4n) is 2.18. The Hall–Kier alpha value is -2.27. The Morgan fingerprint density at radius 2 is 2.11 bits per heavy atom. The van der Waals surface area contributed by atoms with Crippen molar-refractivity contribution >= 4 is 17.1 Å². The highest BCUT2D eigenvalue weighted by Gasteiger charge is 2.23. The lowest BCUT2D eigenvalue weighted by Crippen LogP contribution is -2.18. The molecule has 1 heterocycles. The van der Waals surface area contributed by atoms with Gasteiger partial charge in [0.2, 0.25) is 0 Å². The van der Waals surface area contributed by atoms with E-state index in [0.717, 1.165) is 25.9 Å². The van der Waals surface area contributed by atoms with Crippen molar-refractivity contribution in [3.05, 3.63) is 38.3 Å². The standard InChI is InChI=1S/C11H13N5O2/c1-8-6-11(16(17)18)10(7-9(8)13-14-12)15-4-2-3-5-15/h6-7H,2-5H2,1H3. The molecule has 0 aliphatic carbocycles. The van der Waals surface area contributed by atoms with Gasteiger partial charge in [-0.1, -0.05) is 5.11 Å². The van der Waals surface area contributed by atoms with Crippen molar-refractivity contribution in [1.29, 1.82) is 0 Å². The van der Waals surface area contributed by atoms with Crippen LogP contribution in [0.4, 0.5) is 17.1 Å². The number of azide groups is 1. The number of rotatable bonds is 3. The highest BCUT2D eigenvalue weighted by Crippen LogP contribution is 2.36. The van der Waals surface area contributed by atoms with Crippen LogP contribution in [0.25, 0.3) is 10.4 Å². The second-order valence-electron chi connectivity index (χ2n) is 4.27. The van der Waals surface area contributed by atoms with Crippen LogP contribution in [-0.4, -0.2) is 18.0 Å². The van der Waals surface area contributed by atoms with Gasteiger partial charge in [-0.05, 0) is 36.9 Å². The number of anilines is 1. The molecule has 0 amide bonds. The van der Waals surface area contributed by atoms with Gasteiger partial charge in [0.1, 0.15) is 5.69 Å². The first kappa shape index (κ1) is 12.2. The second kappa shape index (κ2) is 4.93. The molecule has 2 rings (SSSR count). The fraction of sp³-hybridized carbons (Fsp3) is 0.455. The van der Waals surface area contributed by atoms with E-state index in [1.54, 1.807) is 13.0 Å². The van der Waals surface area contributed by atoms with Gasteiger partial charge in [0, 0.05) is 29.8 Å². The Morgan fingerprint density at radius 3 is 2.67 bits per heavy atom. The lowest BCUT2D eigenvalue weighted by atomic mass is 10.1. The molecule has 18 heavy (non-hydrogen) atoms. The Bertz CT molecular complexity index is 530. The SMILES string of the molecule is Cc1cc([N+](=O)[O-])c(N2CCCC2)cc1N=[N+]=[N-]. The maximum atomic E-state index is 11.1. The van der Waals surface area contributed by atoms with Gasteiger partial charge in [-0.25, -0.2) is 0 Å². The van der Waals surface area contributed by atoms with E-state index in [4.69, 9.17) is 5.53 Å². The molecule has 0 spiro atoms. The molecule has 7 heteroatoms. The normalized spacial score (nSPS) is 14.4. The molecule has 0 radical (unpaired) electrons. The van der Waals surface area contributed by atoms with Crippen molar-refractivity contribution in [2.24, 2.45) is 5.11 Å². The van der Waals surface area contributed by atoms with E-state index in [9.17, 15) is 10.1 Å². The summed E-state index contributed by atoms with van der Waals surface area (Å²) in [7, 11) is 0. The lowest BCUT2D eigenvalue weighted by molar-refractivity contribution is -0.384. The molecule has 7 nitrogen and oxygen atoms in total. The lowest BCUT2D eigenvalue weighted by Gasteiger charge is -2.18. The number of nitro benzene ring substituents is 1. The van der Waals surface area contributed by atoms with Crippen LogP contribution in [0.3, 0.4) is 0 Å². The molecule has 0 bridgehead atoms. The Balaban J connectivity index is 2.55. The van der Waals surface area contributed by atoms with E-state index in [0.29, 0.717) is 16.9 Å². The van der Waals surface area contributed by atoms with Gasteiger partial charge in [-0.3, -0.25) is 10.1 Å². The zero-order chi connectivity index (χ0) is 13.1. The maximum absolute atomic E-state index is 11.1. The molecule has 0 atom stereocenters. The second-order valence-corrected chi connectivity index (χ2v) is 4.27. The molecule has 1 aromatic carbocycles. The highest BCUT2D eigenvalue weighted by atomic mass is 16.6. The van der Waals surface area contributed by atoms with Crippen LogP contribution in [-0.2, 0) is 0 Å². The molecule has 1 aromatic rings. The van der Waals surface area contributed by atoms with E-state index in [-0.39, 0.29) is 10.6 Å². The zero-order valence-electron chi connectivity index (χ0n) is 10.0. The predicted molar refractivity (Wildman–Crippen MR) is 68.1 cm³/mol.